The van der Waals surface area contributed by atoms with Crippen LogP contribution in [0.15, 0.2) is 5.16 Å². The predicted octanol–water partition coefficient (Wildman–Crippen LogP) is 1.89. The molecule has 0 saturated heterocycles. The fourth-order valence-electron chi connectivity index (χ4n) is 2.40. The maximum absolute atomic E-state index is 11.2. The van der Waals surface area contributed by atoms with E-state index in [4.69, 9.17) is 5.73 Å². The van der Waals surface area contributed by atoms with E-state index in [1.54, 1.807) is 11.3 Å². The molecule has 3 N–H and O–H groups in total. The van der Waals surface area contributed by atoms with Gasteiger partial charge in [-0.15, -0.1) is 11.3 Å². The summed E-state index contributed by atoms with van der Waals surface area (Å²) in [6.07, 6.45) is 2.86. The van der Waals surface area contributed by atoms with E-state index in [2.05, 4.69) is 27.2 Å². The summed E-state index contributed by atoms with van der Waals surface area (Å²) >= 11 is 3.13. The summed E-state index contributed by atoms with van der Waals surface area (Å²) in [5.41, 5.74) is 6.50. The van der Waals surface area contributed by atoms with Crippen molar-refractivity contribution in [3.8, 4) is 0 Å². The number of anilines is 1. The van der Waals surface area contributed by atoms with Gasteiger partial charge in [-0.25, -0.2) is 14.8 Å². The third-order valence-electron chi connectivity index (χ3n) is 3.29. The summed E-state index contributed by atoms with van der Waals surface area (Å²) in [6, 6.07) is -0.593. The second-order valence-electron chi connectivity index (χ2n) is 4.72. The van der Waals surface area contributed by atoms with Gasteiger partial charge in [0, 0.05) is 18.0 Å². The fourth-order valence-corrected chi connectivity index (χ4v) is 4.12. The summed E-state index contributed by atoms with van der Waals surface area (Å²) in [5.74, 6) is 0.536. The number of carbonyl (C=O) groups excluding carboxylic acids is 1. The van der Waals surface area contributed by atoms with E-state index >= 15 is 0 Å². The number of amides is 2. The van der Waals surface area contributed by atoms with Crippen LogP contribution in [0.25, 0.3) is 10.2 Å². The first-order valence-corrected chi connectivity index (χ1v) is 8.24. The molecule has 0 aromatic carbocycles. The van der Waals surface area contributed by atoms with Gasteiger partial charge < -0.3 is 10.6 Å². The molecule has 0 radical (unpaired) electrons. The Balaban J connectivity index is 2.21. The molecule has 0 fully saturated rings. The topological polar surface area (TPSA) is 84.1 Å². The molecule has 0 aliphatic carbocycles. The smallest absolute Gasteiger partial charge is 0.317 e. The Kier molecular flexibility index (Phi) is 3.53. The third-order valence-corrected chi connectivity index (χ3v) is 4.95. The number of thiophene rings is 1. The average molecular weight is 309 g/mol. The summed E-state index contributed by atoms with van der Waals surface area (Å²) in [4.78, 5) is 24.6. The molecule has 6 nitrogen and oxygen atoms in total. The Hall–Kier alpha value is -1.38. The number of nitrogens with zero attached hydrogens (tertiary/aromatic N) is 3. The minimum atomic E-state index is -0.593. The number of urea groups is 1. The van der Waals surface area contributed by atoms with Gasteiger partial charge in [-0.1, -0.05) is 11.8 Å². The minimum absolute atomic E-state index is 0.536. The number of fused-ring (bicyclic) bond motifs is 3. The van der Waals surface area contributed by atoms with Gasteiger partial charge in [0.15, 0.2) is 5.16 Å². The van der Waals surface area contributed by atoms with Gasteiger partial charge in [0.05, 0.1) is 5.39 Å². The molecule has 8 heteroatoms. The van der Waals surface area contributed by atoms with E-state index < -0.39 is 6.03 Å². The van der Waals surface area contributed by atoms with Crippen LogP contribution in [-0.2, 0) is 13.0 Å². The van der Waals surface area contributed by atoms with E-state index in [0.717, 1.165) is 29.7 Å². The van der Waals surface area contributed by atoms with Crippen molar-refractivity contribution in [3.63, 3.8) is 0 Å². The molecule has 0 atom stereocenters. The summed E-state index contributed by atoms with van der Waals surface area (Å²) in [7, 11) is 2.11. The monoisotopic (exact) mass is 309 g/mol. The van der Waals surface area contributed by atoms with Crippen molar-refractivity contribution in [2.75, 3.05) is 25.2 Å². The summed E-state index contributed by atoms with van der Waals surface area (Å²) in [5, 5.41) is 4.24. The van der Waals surface area contributed by atoms with Crippen LogP contribution in [0.4, 0.5) is 10.6 Å². The number of thioether (sulfide) groups is 1. The lowest BCUT2D eigenvalue weighted by molar-refractivity contribution is 0.259. The lowest BCUT2D eigenvalue weighted by Gasteiger charge is -2.22. The van der Waals surface area contributed by atoms with E-state index in [9.17, 15) is 4.79 Å². The maximum atomic E-state index is 11.2. The van der Waals surface area contributed by atoms with Crippen molar-refractivity contribution < 1.29 is 4.79 Å². The largest absolute Gasteiger partial charge is 0.351 e. The highest BCUT2D eigenvalue weighted by Gasteiger charge is 2.23. The molecule has 2 aromatic rings. The van der Waals surface area contributed by atoms with Gasteiger partial charge in [-0.3, -0.25) is 5.32 Å². The average Bonchev–Trinajstić information content (AvgIpc) is 2.74. The van der Waals surface area contributed by atoms with Crippen LogP contribution in [0.3, 0.4) is 0 Å². The van der Waals surface area contributed by atoms with Crippen LogP contribution in [0.1, 0.15) is 10.4 Å². The number of carbonyl (C=O) groups is 1. The molecule has 20 heavy (non-hydrogen) atoms. The molecule has 0 saturated carbocycles. The highest BCUT2D eigenvalue weighted by molar-refractivity contribution is 7.98. The quantitative estimate of drug-likeness (QED) is 0.654. The van der Waals surface area contributed by atoms with Gasteiger partial charge in [0.25, 0.3) is 0 Å². The van der Waals surface area contributed by atoms with Crippen LogP contribution in [0, 0.1) is 0 Å². The Bertz CT molecular complexity index is 684. The maximum Gasteiger partial charge on any atom is 0.317 e. The number of primary amides is 1. The molecule has 106 valence electrons. The number of aromatic nitrogens is 2. The van der Waals surface area contributed by atoms with E-state index in [1.165, 1.54) is 22.2 Å². The number of hydrogen-bond donors (Lipinski definition) is 2. The Morgan fingerprint density at radius 1 is 1.50 bits per heavy atom. The fraction of sp³-hybridized carbons (Fsp3) is 0.417. The zero-order chi connectivity index (χ0) is 14.3. The molecule has 3 rings (SSSR count). The lowest BCUT2D eigenvalue weighted by atomic mass is 10.1. The first-order chi connectivity index (χ1) is 9.58. The Morgan fingerprint density at radius 3 is 3.00 bits per heavy atom. The van der Waals surface area contributed by atoms with Crippen LogP contribution >= 0.6 is 23.1 Å². The molecular formula is C12H15N5OS2. The number of hydrogen-bond acceptors (Lipinski definition) is 6. The molecule has 3 heterocycles. The van der Waals surface area contributed by atoms with Crippen LogP contribution in [0.2, 0.25) is 0 Å². The predicted molar refractivity (Wildman–Crippen MR) is 82.4 cm³/mol. The van der Waals surface area contributed by atoms with Crippen LogP contribution in [0.5, 0.6) is 0 Å². The van der Waals surface area contributed by atoms with E-state index in [1.807, 2.05) is 6.26 Å². The Morgan fingerprint density at radius 2 is 2.30 bits per heavy atom. The SMILES string of the molecule is CSc1nc(NC(N)=O)c2c3c(sc2n1)CN(C)CC3. The number of rotatable bonds is 2. The third kappa shape index (κ3) is 2.34. The van der Waals surface area contributed by atoms with Crippen molar-refractivity contribution in [2.24, 2.45) is 5.73 Å². The second kappa shape index (κ2) is 5.19. The van der Waals surface area contributed by atoms with Crippen LogP contribution in [-0.4, -0.2) is 40.7 Å². The lowest BCUT2D eigenvalue weighted by Crippen LogP contribution is -2.25. The minimum Gasteiger partial charge on any atom is -0.351 e. The summed E-state index contributed by atoms with van der Waals surface area (Å²) < 4.78 is 0. The molecule has 0 unspecified atom stereocenters. The van der Waals surface area contributed by atoms with Crippen molar-refractivity contribution in [1.29, 1.82) is 0 Å². The molecular weight excluding hydrogens is 294 g/mol. The van der Waals surface area contributed by atoms with E-state index in [-0.39, 0.29) is 0 Å². The van der Waals surface area contributed by atoms with Crippen molar-refractivity contribution >= 4 is 45.2 Å². The number of likely N-dealkylation sites (N-methyl/N-ethyl adjacent to an activating group) is 1. The molecule has 0 spiro atoms. The van der Waals surface area contributed by atoms with Gasteiger partial charge in [-0.05, 0) is 25.3 Å². The number of nitrogens with one attached hydrogen (secondary N) is 1. The molecule has 1 aliphatic rings. The molecule has 2 amide bonds. The highest BCUT2D eigenvalue weighted by atomic mass is 32.2. The molecule has 0 bridgehead atoms. The molecule has 2 aromatic heterocycles. The van der Waals surface area contributed by atoms with Gasteiger partial charge in [0.1, 0.15) is 10.6 Å². The van der Waals surface area contributed by atoms with Crippen LogP contribution < -0.4 is 11.1 Å². The zero-order valence-corrected chi connectivity index (χ0v) is 12.9. The van der Waals surface area contributed by atoms with Gasteiger partial charge in [0.2, 0.25) is 0 Å². The molecule has 1 aliphatic heterocycles. The van der Waals surface area contributed by atoms with Gasteiger partial charge >= 0.3 is 6.03 Å². The standard InChI is InChI=1S/C12H15N5OS2/c1-17-4-3-6-7(5-17)20-10-8(6)9(14-11(13)18)15-12(16-10)19-2/h3-5H2,1-2H3,(H3,13,14,15,16,18). The van der Waals surface area contributed by atoms with Crippen molar-refractivity contribution in [2.45, 2.75) is 18.1 Å². The first-order valence-electron chi connectivity index (χ1n) is 6.19. The second-order valence-corrected chi connectivity index (χ2v) is 6.58. The highest BCUT2D eigenvalue weighted by Crippen LogP contribution is 2.38. The Labute approximate surface area is 124 Å². The van der Waals surface area contributed by atoms with E-state index in [0.29, 0.717) is 11.0 Å². The van der Waals surface area contributed by atoms with Crippen molar-refractivity contribution in [3.05, 3.63) is 10.4 Å². The first kappa shape index (κ1) is 13.6. The van der Waals surface area contributed by atoms with Gasteiger partial charge in [-0.2, -0.15) is 0 Å². The zero-order valence-electron chi connectivity index (χ0n) is 11.3. The normalized spacial score (nSPS) is 15.3. The van der Waals surface area contributed by atoms with Crippen molar-refractivity contribution in [1.82, 2.24) is 14.9 Å². The number of nitrogens with two attached hydrogens (primary N) is 1. The summed E-state index contributed by atoms with van der Waals surface area (Å²) in [6.45, 7) is 1.92.